The molecule has 0 bridgehead atoms. The van der Waals surface area contributed by atoms with Gasteiger partial charge in [-0.05, 0) is 63.2 Å². The smallest absolute Gasteiger partial charge is 0.160 e. The van der Waals surface area contributed by atoms with E-state index < -0.39 is 0 Å². The van der Waals surface area contributed by atoms with Gasteiger partial charge in [-0.2, -0.15) is 0 Å². The zero-order valence-corrected chi connectivity index (χ0v) is 25.4. The fraction of sp³-hybridized carbons (Fsp3) is 1.00. The summed E-state index contributed by atoms with van der Waals surface area (Å²) in [4.78, 5) is 0. The molecule has 4 unspecified atom stereocenters. The van der Waals surface area contributed by atoms with Crippen LogP contribution in [0.15, 0.2) is 0 Å². The third-order valence-corrected chi connectivity index (χ3v) is 7.34. The summed E-state index contributed by atoms with van der Waals surface area (Å²) in [5.74, 6) is 3.06. The normalized spacial score (nSPS) is 15.3. The first-order chi connectivity index (χ1) is 17.1. The molecule has 0 aromatic heterocycles. The van der Waals surface area contributed by atoms with Crippen LogP contribution in [-0.2, 0) is 14.2 Å². The molecule has 0 radical (unpaired) electrons. The van der Waals surface area contributed by atoms with Crippen LogP contribution in [-0.4, -0.2) is 37.6 Å². The highest BCUT2D eigenvalue weighted by Crippen LogP contribution is 2.21. The monoisotopic (exact) mass is 538 g/mol. The molecule has 0 aliphatic heterocycles. The van der Waals surface area contributed by atoms with Gasteiger partial charge in [-0.3, -0.25) is 0 Å². The molecule has 4 atom stereocenters. The molecule has 0 aliphatic rings. The number of halogens is 2. The highest BCUT2D eigenvalue weighted by atomic mass is 35.5. The van der Waals surface area contributed by atoms with Crippen LogP contribution in [0.4, 0.5) is 0 Å². The number of hydrogen-bond donors (Lipinski definition) is 0. The van der Waals surface area contributed by atoms with E-state index in [1.165, 1.54) is 64.2 Å². The van der Waals surface area contributed by atoms with Crippen LogP contribution < -0.4 is 0 Å². The predicted octanol–water partition coefficient (Wildman–Crippen LogP) is 10.5. The van der Waals surface area contributed by atoms with Crippen LogP contribution in [0, 0.1) is 11.8 Å². The SMILES string of the molecule is CCCC(C)CCCC(OCCCCCCCl)OC(CCCC(C)CCC)OCCCCCCCl. The average molecular weight is 540 g/mol. The Morgan fingerprint density at radius 3 is 1.26 bits per heavy atom. The second-order valence-corrected chi connectivity index (χ2v) is 11.3. The van der Waals surface area contributed by atoms with Crippen LogP contribution in [0.25, 0.3) is 0 Å². The summed E-state index contributed by atoms with van der Waals surface area (Å²) < 4.78 is 19.0. The van der Waals surface area contributed by atoms with Gasteiger partial charge in [0.05, 0.1) is 0 Å². The van der Waals surface area contributed by atoms with Gasteiger partial charge in [-0.1, -0.05) is 91.9 Å². The van der Waals surface area contributed by atoms with E-state index in [9.17, 15) is 0 Å². The van der Waals surface area contributed by atoms with Gasteiger partial charge < -0.3 is 14.2 Å². The Hall–Kier alpha value is 0.460. The molecule has 0 rings (SSSR count). The lowest BCUT2D eigenvalue weighted by molar-refractivity contribution is -0.250. The molecule has 35 heavy (non-hydrogen) atoms. The lowest BCUT2D eigenvalue weighted by Crippen LogP contribution is -2.28. The fourth-order valence-corrected chi connectivity index (χ4v) is 5.00. The molecule has 0 saturated carbocycles. The molecule has 3 nitrogen and oxygen atoms in total. The molecule has 5 heteroatoms. The largest absolute Gasteiger partial charge is 0.353 e. The number of alkyl halides is 2. The first kappa shape index (κ1) is 35.5. The molecule has 0 spiro atoms. The van der Waals surface area contributed by atoms with Gasteiger partial charge in [-0.15, -0.1) is 23.2 Å². The minimum atomic E-state index is -0.161. The first-order valence-corrected chi connectivity index (χ1v) is 16.1. The van der Waals surface area contributed by atoms with Gasteiger partial charge in [0, 0.05) is 25.0 Å². The Morgan fingerprint density at radius 1 is 0.486 bits per heavy atom. The molecule has 0 amide bonds. The molecule has 0 fully saturated rings. The minimum Gasteiger partial charge on any atom is -0.353 e. The topological polar surface area (TPSA) is 27.7 Å². The van der Waals surface area contributed by atoms with Crippen molar-refractivity contribution in [2.45, 2.75) is 156 Å². The van der Waals surface area contributed by atoms with Crippen molar-refractivity contribution in [3.63, 3.8) is 0 Å². The zero-order chi connectivity index (χ0) is 26.0. The zero-order valence-electron chi connectivity index (χ0n) is 23.8. The van der Waals surface area contributed by atoms with Crippen LogP contribution in [0.5, 0.6) is 0 Å². The lowest BCUT2D eigenvalue weighted by atomic mass is 9.99. The van der Waals surface area contributed by atoms with E-state index >= 15 is 0 Å². The third kappa shape index (κ3) is 24.5. The summed E-state index contributed by atoms with van der Waals surface area (Å²) in [5, 5.41) is 0. The van der Waals surface area contributed by atoms with Crippen LogP contribution in [0.2, 0.25) is 0 Å². The van der Waals surface area contributed by atoms with Gasteiger partial charge in [-0.25, -0.2) is 0 Å². The predicted molar refractivity (Wildman–Crippen MR) is 155 cm³/mol. The van der Waals surface area contributed by atoms with Gasteiger partial charge in [0.25, 0.3) is 0 Å². The standard InChI is InChI=1S/C30H60Cl2O3/c1-5-17-27(3)19-15-21-29(33-25-13-9-7-11-23-31)35-30(22-16-20-28(4)18-6-2)34-26-14-10-8-12-24-32/h27-30H,5-26H2,1-4H3. The van der Waals surface area contributed by atoms with Crippen molar-refractivity contribution in [1.82, 2.24) is 0 Å². The van der Waals surface area contributed by atoms with Crippen molar-refractivity contribution in [3.05, 3.63) is 0 Å². The van der Waals surface area contributed by atoms with Crippen molar-refractivity contribution in [3.8, 4) is 0 Å². The fourth-order valence-electron chi connectivity index (χ4n) is 4.62. The van der Waals surface area contributed by atoms with E-state index in [4.69, 9.17) is 37.4 Å². The summed E-state index contributed by atoms with van der Waals surface area (Å²) in [7, 11) is 0. The molecule has 0 saturated heterocycles. The molecule has 0 aromatic rings. The molecule has 0 N–H and O–H groups in total. The van der Waals surface area contributed by atoms with Crippen molar-refractivity contribution < 1.29 is 14.2 Å². The van der Waals surface area contributed by atoms with Crippen LogP contribution in [0.3, 0.4) is 0 Å². The Balaban J connectivity index is 4.75. The summed E-state index contributed by atoms with van der Waals surface area (Å²) in [5.41, 5.74) is 0. The Bertz CT molecular complexity index is 375. The maximum Gasteiger partial charge on any atom is 0.160 e. The number of rotatable bonds is 28. The average Bonchev–Trinajstić information content (AvgIpc) is 2.83. The van der Waals surface area contributed by atoms with Crippen molar-refractivity contribution in [2.24, 2.45) is 11.8 Å². The van der Waals surface area contributed by atoms with Crippen LogP contribution in [0.1, 0.15) is 143 Å². The van der Waals surface area contributed by atoms with Gasteiger partial charge >= 0.3 is 0 Å². The van der Waals surface area contributed by atoms with E-state index in [-0.39, 0.29) is 12.6 Å². The molecule has 212 valence electrons. The van der Waals surface area contributed by atoms with Crippen molar-refractivity contribution >= 4 is 23.2 Å². The third-order valence-electron chi connectivity index (χ3n) is 6.80. The maximum atomic E-state index is 6.50. The quantitative estimate of drug-likeness (QED) is 0.0562. The van der Waals surface area contributed by atoms with E-state index in [2.05, 4.69) is 27.7 Å². The van der Waals surface area contributed by atoms with Crippen molar-refractivity contribution in [1.29, 1.82) is 0 Å². The molecule has 0 heterocycles. The van der Waals surface area contributed by atoms with Gasteiger partial charge in [0.1, 0.15) is 0 Å². The summed E-state index contributed by atoms with van der Waals surface area (Å²) in [6.07, 6.45) is 20.5. The van der Waals surface area contributed by atoms with E-state index in [0.717, 1.165) is 88.2 Å². The summed E-state index contributed by atoms with van der Waals surface area (Å²) in [6.45, 7) is 10.8. The van der Waals surface area contributed by atoms with Gasteiger partial charge in [0.15, 0.2) is 12.6 Å². The Labute approximate surface area is 229 Å². The molecule has 0 aliphatic carbocycles. The van der Waals surface area contributed by atoms with E-state index in [1.54, 1.807) is 0 Å². The number of unbranched alkanes of at least 4 members (excludes halogenated alkanes) is 6. The van der Waals surface area contributed by atoms with Crippen LogP contribution >= 0.6 is 23.2 Å². The van der Waals surface area contributed by atoms with E-state index in [1.807, 2.05) is 0 Å². The molecular formula is C30H60Cl2O3. The molecular weight excluding hydrogens is 479 g/mol. The second-order valence-electron chi connectivity index (χ2n) is 10.6. The summed E-state index contributed by atoms with van der Waals surface area (Å²) >= 11 is 11.6. The summed E-state index contributed by atoms with van der Waals surface area (Å²) in [6, 6.07) is 0. The lowest BCUT2D eigenvalue weighted by Gasteiger charge is -2.26. The second kappa shape index (κ2) is 27.5. The Morgan fingerprint density at radius 2 is 0.886 bits per heavy atom. The van der Waals surface area contributed by atoms with Gasteiger partial charge in [0.2, 0.25) is 0 Å². The molecule has 0 aromatic carbocycles. The number of hydrogen-bond acceptors (Lipinski definition) is 3. The minimum absolute atomic E-state index is 0.161. The highest BCUT2D eigenvalue weighted by molar-refractivity contribution is 6.18. The highest BCUT2D eigenvalue weighted by Gasteiger charge is 2.19. The van der Waals surface area contributed by atoms with Crippen molar-refractivity contribution in [2.75, 3.05) is 25.0 Å². The Kier molecular flexibility index (Phi) is 27.9. The number of ether oxygens (including phenoxy) is 3. The first-order valence-electron chi connectivity index (χ1n) is 15.1. The van der Waals surface area contributed by atoms with E-state index in [0.29, 0.717) is 0 Å². The maximum absolute atomic E-state index is 6.50.